The Kier molecular flexibility index (Phi) is 13.5. The maximum absolute atomic E-state index is 9.57. The van der Waals surface area contributed by atoms with Gasteiger partial charge in [-0.1, -0.05) is 382 Å². The normalized spacial score (nSPS) is 13.9. The van der Waals surface area contributed by atoms with Crippen molar-refractivity contribution in [2.24, 2.45) is 0 Å². The van der Waals surface area contributed by atoms with Gasteiger partial charge >= 0.3 is 0 Å². The first-order valence-corrected chi connectivity index (χ1v) is 41.1. The first-order chi connectivity index (χ1) is 62.4. The molecular weight excluding hydrogens is 1450 g/mol. The van der Waals surface area contributed by atoms with E-state index in [0.29, 0.717) is 5.56 Å². The van der Waals surface area contributed by atoms with Crippen molar-refractivity contribution < 1.29 is 18.4 Å². The number of fused-ring (bicyclic) bond motifs is 9. The van der Waals surface area contributed by atoms with Crippen LogP contribution >= 0.6 is 0 Å². The smallest absolute Gasteiger partial charge is 0.143 e. The first kappa shape index (κ1) is 61.0. The average molecular weight is 1530 g/mol. The van der Waals surface area contributed by atoms with Crippen LogP contribution in [0.2, 0.25) is 0 Å². The Morgan fingerprint density at radius 1 is 0.200 bits per heavy atom. The van der Waals surface area contributed by atoms with E-state index in [1.165, 1.54) is 121 Å². The second-order valence-electron chi connectivity index (χ2n) is 32.0. The highest BCUT2D eigenvalue weighted by Gasteiger charge is 2.49. The topological polar surface area (TPSA) is 26.3 Å². The Labute approximate surface area is 702 Å². The molecule has 0 radical (unpaired) electrons. The van der Waals surface area contributed by atoms with Gasteiger partial charge in [-0.05, 0) is 247 Å². The van der Waals surface area contributed by atoms with Gasteiger partial charge in [0.2, 0.25) is 0 Å². The van der Waals surface area contributed by atoms with Crippen LogP contribution in [0.4, 0.5) is 0 Å². The molecule has 556 valence electrons. The van der Waals surface area contributed by atoms with Crippen LogP contribution in [0.1, 0.15) is 54.1 Å². The number of hydrogen-bond donors (Lipinski definition) is 0. The van der Waals surface area contributed by atoms with Gasteiger partial charge in [0.1, 0.15) is 22.3 Å². The quantitative estimate of drug-likeness (QED) is 0.128. The van der Waals surface area contributed by atoms with Gasteiger partial charge in [0.05, 0.1) is 20.4 Å². The Hall–Kier alpha value is -15.5. The molecule has 2 aliphatic rings. The molecule has 2 nitrogen and oxygen atoms in total. The molecule has 0 N–H and O–H groups in total. The average Bonchev–Trinajstić information content (AvgIpc) is 1.52. The van der Waals surface area contributed by atoms with Crippen LogP contribution in [0.25, 0.3) is 197 Å². The molecule has 120 heavy (non-hydrogen) atoms. The SMILES string of the molecule is [2H]c1c([2H])c([2H])c2c([2H])c(-c3c4ccccc4c(-c4cccc5c(-c6cc7c8c(c6)oc6cccc(c68)C7(c6ccccc6)c6ccccc6)cccc45)c4ccccc34)c([2H])c([2H])c2c1[2H].c1ccc(-c2c3ccccc3c(-c3ccc4cc(-c5cc6c7c(c5)oc5c8ccccc8cc(c57)C6(c5ccccc5)c5ccccc5)ccc4c3)c3ccccc23)cc1. The molecule has 0 bridgehead atoms. The summed E-state index contributed by atoms with van der Waals surface area (Å²) in [6, 6.07) is 139. The molecule has 2 heteroatoms. The lowest BCUT2D eigenvalue weighted by Gasteiger charge is -2.34. The zero-order valence-electron chi connectivity index (χ0n) is 71.8. The van der Waals surface area contributed by atoms with Gasteiger partial charge in [-0.2, -0.15) is 0 Å². The van der Waals surface area contributed by atoms with Crippen LogP contribution < -0.4 is 0 Å². The summed E-state index contributed by atoms with van der Waals surface area (Å²) in [5, 5.41) is 19.8. The van der Waals surface area contributed by atoms with Gasteiger partial charge in [-0.25, -0.2) is 0 Å². The van der Waals surface area contributed by atoms with Crippen molar-refractivity contribution in [2.45, 2.75) is 10.8 Å². The van der Waals surface area contributed by atoms with Crippen molar-refractivity contribution in [3.05, 3.63) is 481 Å². The van der Waals surface area contributed by atoms with Crippen LogP contribution in [0.3, 0.4) is 0 Å². The van der Waals surface area contributed by atoms with Crippen molar-refractivity contribution in [3.8, 4) is 66.8 Å². The Bertz CT molecular complexity index is 8650. The molecule has 2 aliphatic carbocycles. The summed E-state index contributed by atoms with van der Waals surface area (Å²) in [5.74, 6) is 0. The maximum atomic E-state index is 9.57. The van der Waals surface area contributed by atoms with Crippen LogP contribution in [-0.4, -0.2) is 0 Å². The van der Waals surface area contributed by atoms with Crippen LogP contribution in [0.5, 0.6) is 0 Å². The number of rotatable bonds is 10. The zero-order valence-corrected chi connectivity index (χ0v) is 64.8. The lowest BCUT2D eigenvalue weighted by molar-refractivity contribution is 0.664. The van der Waals surface area contributed by atoms with Crippen LogP contribution in [0.15, 0.2) is 445 Å². The highest BCUT2D eigenvalue weighted by molar-refractivity contribution is 6.27. The molecule has 22 aromatic carbocycles. The molecule has 26 rings (SSSR count). The van der Waals surface area contributed by atoms with Crippen molar-refractivity contribution >= 4 is 130 Å². The minimum atomic E-state index is -0.587. The lowest BCUT2D eigenvalue weighted by atomic mass is 9.67. The van der Waals surface area contributed by atoms with Gasteiger partial charge in [-0.15, -0.1) is 0 Å². The molecular formula is C118H72O2. The lowest BCUT2D eigenvalue weighted by Crippen LogP contribution is -2.29. The predicted molar refractivity (Wildman–Crippen MR) is 504 cm³/mol. The molecule has 2 heterocycles. The summed E-state index contributed by atoms with van der Waals surface area (Å²) in [4.78, 5) is 0. The zero-order chi connectivity index (χ0) is 84.8. The third-order valence-electron chi connectivity index (χ3n) is 26.0. The second-order valence-corrected chi connectivity index (χ2v) is 32.0. The Morgan fingerprint density at radius 3 is 1.19 bits per heavy atom. The minimum absolute atomic E-state index is 0.0646. The van der Waals surface area contributed by atoms with Crippen LogP contribution in [-0.2, 0) is 10.8 Å². The fourth-order valence-corrected chi connectivity index (χ4v) is 21.1. The summed E-state index contributed by atoms with van der Waals surface area (Å²) in [6.07, 6.45) is 0. The largest absolute Gasteiger partial charge is 0.456 e. The van der Waals surface area contributed by atoms with Gasteiger partial charge in [0.15, 0.2) is 0 Å². The first-order valence-electron chi connectivity index (χ1n) is 44.6. The molecule has 0 fully saturated rings. The maximum Gasteiger partial charge on any atom is 0.143 e. The van der Waals surface area contributed by atoms with Gasteiger partial charge in [0.25, 0.3) is 0 Å². The molecule has 0 atom stereocenters. The minimum Gasteiger partial charge on any atom is -0.456 e. The number of benzene rings is 22. The molecule has 0 saturated heterocycles. The third kappa shape index (κ3) is 9.85. The summed E-state index contributed by atoms with van der Waals surface area (Å²) >= 11 is 0. The van der Waals surface area contributed by atoms with Crippen molar-refractivity contribution in [1.82, 2.24) is 0 Å². The van der Waals surface area contributed by atoms with E-state index >= 15 is 0 Å². The van der Waals surface area contributed by atoms with E-state index in [0.717, 1.165) is 98.6 Å². The van der Waals surface area contributed by atoms with E-state index in [1.807, 2.05) is 36.4 Å². The molecule has 2 aromatic heterocycles. The predicted octanol–water partition coefficient (Wildman–Crippen LogP) is 31.8. The molecule has 0 unspecified atom stereocenters. The van der Waals surface area contributed by atoms with E-state index in [2.05, 4.69) is 358 Å². The van der Waals surface area contributed by atoms with E-state index in [4.69, 9.17) is 15.7 Å². The summed E-state index contributed by atoms with van der Waals surface area (Å²) < 4.78 is 76.0. The molecule has 0 aliphatic heterocycles. The number of hydrogen-bond acceptors (Lipinski definition) is 2. The monoisotopic (exact) mass is 1530 g/mol. The van der Waals surface area contributed by atoms with E-state index in [9.17, 15) is 2.74 Å². The van der Waals surface area contributed by atoms with Crippen molar-refractivity contribution in [2.75, 3.05) is 0 Å². The van der Waals surface area contributed by atoms with E-state index < -0.39 is 35.0 Å². The van der Waals surface area contributed by atoms with Crippen LogP contribution in [0, 0.1) is 0 Å². The highest BCUT2D eigenvalue weighted by atomic mass is 16.3. The van der Waals surface area contributed by atoms with Gasteiger partial charge in [0, 0.05) is 26.9 Å². The summed E-state index contributed by atoms with van der Waals surface area (Å²) in [6.45, 7) is 0. The van der Waals surface area contributed by atoms with Gasteiger partial charge in [-0.3, -0.25) is 0 Å². The number of furan rings is 2. The van der Waals surface area contributed by atoms with Gasteiger partial charge < -0.3 is 8.83 Å². The standard InChI is InChI=1S/2C59H36O/c1-4-16-37(17-5-1)54-47-24-12-14-26-49(47)55(50-27-15-13-25-48(50)54)42-31-30-38-32-40(29-28-39(38)33-42)43-35-51-56-53(36-43)60-58-46-23-11-10-18-41(46)34-52(57(56)58)59(51,44-19-6-2-7-20-44)45-21-8-3-9-22-45;1-3-18-41(19-4-1)59(42-20-5-2-6-21-42)51-30-15-31-53-57(51)58-52(59)35-40(36-54(58)60-53)43-26-13-28-45-44(43)27-14-29-46(45)56-49-24-11-9-22-47(49)55(48-23-10-12-25-50(48)56)39-33-32-37-16-7-8-17-38(37)34-39/h2*1-36H/i;7D,8D,16D,17D,32D,33D,34D. The van der Waals surface area contributed by atoms with E-state index in [-0.39, 0.29) is 34.5 Å². The molecule has 0 amide bonds. The Balaban J connectivity index is 0.000000139. The fraction of sp³-hybridized carbons (Fsp3) is 0.0169. The summed E-state index contributed by atoms with van der Waals surface area (Å²) in [7, 11) is 0. The Morgan fingerprint density at radius 2 is 0.608 bits per heavy atom. The van der Waals surface area contributed by atoms with Crippen molar-refractivity contribution in [1.29, 1.82) is 0 Å². The molecule has 0 saturated carbocycles. The highest BCUT2D eigenvalue weighted by Crippen LogP contribution is 2.61. The summed E-state index contributed by atoms with van der Waals surface area (Å²) in [5.41, 5.74) is 24.5. The molecule has 24 aromatic rings. The third-order valence-corrected chi connectivity index (χ3v) is 26.0. The fourth-order valence-electron chi connectivity index (χ4n) is 21.1. The molecule has 0 spiro atoms. The second kappa shape index (κ2) is 26.5. The van der Waals surface area contributed by atoms with E-state index in [1.54, 1.807) is 0 Å². The van der Waals surface area contributed by atoms with Crippen molar-refractivity contribution in [3.63, 3.8) is 0 Å².